The van der Waals surface area contributed by atoms with Crippen molar-refractivity contribution in [3.8, 4) is 0 Å². The van der Waals surface area contributed by atoms with Gasteiger partial charge in [-0.05, 0) is 31.1 Å². The molecular weight excluding hydrogens is 162 g/mol. The number of ether oxygens (including phenoxy) is 1. The highest BCUT2D eigenvalue weighted by Gasteiger charge is 2.03. The molecule has 0 saturated heterocycles. The Morgan fingerprint density at radius 1 is 1.15 bits per heavy atom. The normalized spacial score (nSPS) is 25.2. The summed E-state index contributed by atoms with van der Waals surface area (Å²) in [5, 5.41) is 0. The molecule has 0 radical (unpaired) electrons. The van der Waals surface area contributed by atoms with Crippen molar-refractivity contribution in [2.45, 2.75) is 12.8 Å². The molecule has 13 heavy (non-hydrogen) atoms. The molecule has 1 aliphatic heterocycles. The van der Waals surface area contributed by atoms with E-state index in [9.17, 15) is 0 Å². The lowest BCUT2D eigenvalue weighted by Gasteiger charge is -2.04. The standard InChI is InChI=1S/C11H11NO/c1-2-4-7-11-10(6-3-1)12-8-5-9-13-11/h3-9H,1-2H2/b6-3-,7-4-. The summed E-state index contributed by atoms with van der Waals surface area (Å²) in [5.41, 5.74) is 0.890. The third kappa shape index (κ3) is 1.96. The number of aliphatic imine (C=N–C) groups is 1. The maximum Gasteiger partial charge on any atom is 0.151 e. The molecule has 0 N–H and O–H groups in total. The predicted molar refractivity (Wildman–Crippen MR) is 53.3 cm³/mol. The van der Waals surface area contributed by atoms with Crippen molar-refractivity contribution in [2.75, 3.05) is 0 Å². The third-order valence-corrected chi connectivity index (χ3v) is 1.87. The van der Waals surface area contributed by atoms with E-state index in [1.54, 1.807) is 18.6 Å². The Morgan fingerprint density at radius 3 is 2.92 bits per heavy atom. The van der Waals surface area contributed by atoms with Crippen molar-refractivity contribution >= 4 is 6.21 Å². The van der Waals surface area contributed by atoms with Crippen molar-refractivity contribution in [1.29, 1.82) is 0 Å². The van der Waals surface area contributed by atoms with E-state index in [2.05, 4.69) is 17.1 Å². The van der Waals surface area contributed by atoms with Gasteiger partial charge >= 0.3 is 0 Å². The van der Waals surface area contributed by atoms with Crippen molar-refractivity contribution in [2.24, 2.45) is 4.99 Å². The molecule has 0 unspecified atom stereocenters. The zero-order valence-corrected chi connectivity index (χ0v) is 7.31. The Kier molecular flexibility index (Phi) is 2.41. The fourth-order valence-corrected chi connectivity index (χ4v) is 1.22. The number of rotatable bonds is 0. The van der Waals surface area contributed by atoms with Gasteiger partial charge in [0, 0.05) is 6.21 Å². The first kappa shape index (κ1) is 8.05. The fourth-order valence-electron chi connectivity index (χ4n) is 1.22. The highest BCUT2D eigenvalue weighted by Crippen LogP contribution is 2.16. The van der Waals surface area contributed by atoms with E-state index in [0.717, 1.165) is 24.3 Å². The van der Waals surface area contributed by atoms with Crippen LogP contribution in [-0.2, 0) is 4.74 Å². The van der Waals surface area contributed by atoms with E-state index in [4.69, 9.17) is 4.74 Å². The van der Waals surface area contributed by atoms with Crippen LogP contribution in [0.25, 0.3) is 0 Å². The summed E-state index contributed by atoms with van der Waals surface area (Å²) in [6, 6.07) is 0. The van der Waals surface area contributed by atoms with Gasteiger partial charge in [-0.2, -0.15) is 0 Å². The Labute approximate surface area is 77.6 Å². The van der Waals surface area contributed by atoms with Crippen molar-refractivity contribution < 1.29 is 4.74 Å². The van der Waals surface area contributed by atoms with E-state index in [1.165, 1.54) is 0 Å². The second-order valence-corrected chi connectivity index (χ2v) is 2.86. The molecule has 2 rings (SSSR count). The summed E-state index contributed by atoms with van der Waals surface area (Å²) in [7, 11) is 0. The minimum absolute atomic E-state index is 0.820. The first-order chi connectivity index (χ1) is 6.47. The minimum atomic E-state index is 0.820. The quantitative estimate of drug-likeness (QED) is 0.552. The molecular formula is C11H11NO. The highest BCUT2D eigenvalue weighted by atomic mass is 16.5. The highest BCUT2D eigenvalue weighted by molar-refractivity contribution is 5.73. The Hall–Kier alpha value is -1.57. The van der Waals surface area contributed by atoms with E-state index in [0.29, 0.717) is 0 Å². The van der Waals surface area contributed by atoms with Crippen LogP contribution < -0.4 is 0 Å². The first-order valence-electron chi connectivity index (χ1n) is 4.40. The molecule has 0 atom stereocenters. The van der Waals surface area contributed by atoms with Gasteiger partial charge in [-0.25, -0.2) is 0 Å². The molecule has 0 aromatic rings. The van der Waals surface area contributed by atoms with Gasteiger partial charge in [0.05, 0.1) is 6.26 Å². The molecule has 2 heteroatoms. The van der Waals surface area contributed by atoms with Gasteiger partial charge in [0.15, 0.2) is 5.76 Å². The van der Waals surface area contributed by atoms with E-state index in [-0.39, 0.29) is 0 Å². The molecule has 0 fully saturated rings. The van der Waals surface area contributed by atoms with Gasteiger partial charge in [0.2, 0.25) is 0 Å². The van der Waals surface area contributed by atoms with Crippen LogP contribution in [0.2, 0.25) is 0 Å². The number of hydrogen-bond acceptors (Lipinski definition) is 2. The molecule has 1 aliphatic carbocycles. The molecule has 0 aromatic carbocycles. The van der Waals surface area contributed by atoms with Crippen LogP contribution >= 0.6 is 0 Å². The van der Waals surface area contributed by atoms with Gasteiger partial charge in [-0.15, -0.1) is 0 Å². The summed E-state index contributed by atoms with van der Waals surface area (Å²) in [4.78, 5) is 4.25. The SMILES string of the molecule is C1=COC2=C(/C=C\CC/C=C\2)N=C1. The van der Waals surface area contributed by atoms with Crippen molar-refractivity contribution in [3.63, 3.8) is 0 Å². The van der Waals surface area contributed by atoms with Crippen LogP contribution in [0.4, 0.5) is 0 Å². The molecule has 0 aromatic heterocycles. The third-order valence-electron chi connectivity index (χ3n) is 1.87. The average Bonchev–Trinajstić information content (AvgIpc) is 2.30. The molecule has 0 saturated carbocycles. The predicted octanol–water partition coefficient (Wildman–Crippen LogP) is 2.72. The maximum absolute atomic E-state index is 5.38. The van der Waals surface area contributed by atoms with E-state index >= 15 is 0 Å². The van der Waals surface area contributed by atoms with Gasteiger partial charge in [0.1, 0.15) is 5.70 Å². The lowest BCUT2D eigenvalue weighted by Crippen LogP contribution is -1.87. The largest absolute Gasteiger partial charge is 0.463 e. The molecule has 0 spiro atoms. The zero-order valence-electron chi connectivity index (χ0n) is 7.31. The second-order valence-electron chi connectivity index (χ2n) is 2.86. The number of hydrogen-bond donors (Lipinski definition) is 0. The van der Waals surface area contributed by atoms with Crippen molar-refractivity contribution in [1.82, 2.24) is 0 Å². The molecule has 1 heterocycles. The molecule has 66 valence electrons. The Balaban J connectivity index is 2.37. The first-order valence-corrected chi connectivity index (χ1v) is 4.40. The monoisotopic (exact) mass is 173 g/mol. The van der Waals surface area contributed by atoms with Gasteiger partial charge in [0.25, 0.3) is 0 Å². The lowest BCUT2D eigenvalue weighted by atomic mass is 10.2. The second kappa shape index (κ2) is 3.90. The topological polar surface area (TPSA) is 21.6 Å². The van der Waals surface area contributed by atoms with Crippen LogP contribution in [0, 0.1) is 0 Å². The van der Waals surface area contributed by atoms with Gasteiger partial charge in [-0.3, -0.25) is 4.99 Å². The molecule has 2 nitrogen and oxygen atoms in total. The summed E-state index contributed by atoms with van der Waals surface area (Å²) in [5.74, 6) is 0.820. The zero-order chi connectivity index (χ0) is 8.93. The fraction of sp³-hybridized carbons (Fsp3) is 0.182. The van der Waals surface area contributed by atoms with Gasteiger partial charge in [-0.1, -0.05) is 12.2 Å². The lowest BCUT2D eigenvalue weighted by molar-refractivity contribution is 0.365. The average molecular weight is 173 g/mol. The number of allylic oxidation sites excluding steroid dienone is 5. The van der Waals surface area contributed by atoms with E-state index < -0.39 is 0 Å². The molecule has 2 aliphatic rings. The smallest absolute Gasteiger partial charge is 0.151 e. The summed E-state index contributed by atoms with van der Waals surface area (Å²) in [6.45, 7) is 0. The van der Waals surface area contributed by atoms with Gasteiger partial charge < -0.3 is 4.74 Å². The Bertz CT molecular complexity index is 332. The van der Waals surface area contributed by atoms with Crippen LogP contribution in [0.3, 0.4) is 0 Å². The summed E-state index contributed by atoms with van der Waals surface area (Å²) >= 11 is 0. The van der Waals surface area contributed by atoms with Crippen LogP contribution in [-0.4, -0.2) is 6.21 Å². The summed E-state index contributed by atoms with van der Waals surface area (Å²) < 4.78 is 5.38. The van der Waals surface area contributed by atoms with Crippen LogP contribution in [0.15, 0.2) is 53.1 Å². The van der Waals surface area contributed by atoms with Crippen molar-refractivity contribution in [3.05, 3.63) is 48.1 Å². The van der Waals surface area contributed by atoms with Crippen LogP contribution in [0.5, 0.6) is 0 Å². The maximum atomic E-state index is 5.38. The van der Waals surface area contributed by atoms with Crippen LogP contribution in [0.1, 0.15) is 12.8 Å². The molecule has 0 amide bonds. The Morgan fingerprint density at radius 2 is 2.00 bits per heavy atom. The van der Waals surface area contributed by atoms with E-state index in [1.807, 2.05) is 12.2 Å². The summed E-state index contributed by atoms with van der Waals surface area (Å²) in [6.07, 6.45) is 15.5. The number of nitrogens with zero attached hydrogens (tertiary/aromatic N) is 1. The molecule has 0 bridgehead atoms. The minimum Gasteiger partial charge on any atom is -0.463 e.